The van der Waals surface area contributed by atoms with E-state index in [2.05, 4.69) is 11.0 Å². The van der Waals surface area contributed by atoms with Crippen molar-refractivity contribution in [2.24, 2.45) is 0 Å². The van der Waals surface area contributed by atoms with Crippen LogP contribution in [-0.4, -0.2) is 45.0 Å². The molecule has 33 heavy (non-hydrogen) atoms. The third-order valence-electron chi connectivity index (χ3n) is 5.62. The zero-order chi connectivity index (χ0) is 23.1. The molecule has 3 aromatic carbocycles. The van der Waals surface area contributed by atoms with E-state index in [0.717, 1.165) is 35.8 Å². The van der Waals surface area contributed by atoms with Gasteiger partial charge in [0.2, 0.25) is 5.60 Å². The quantitative estimate of drug-likeness (QED) is 0.450. The van der Waals surface area contributed by atoms with Crippen LogP contribution in [0.4, 0.5) is 5.69 Å². The van der Waals surface area contributed by atoms with Gasteiger partial charge in [0.05, 0.1) is 25.9 Å². The molecule has 172 valence electrons. The van der Waals surface area contributed by atoms with Crippen molar-refractivity contribution in [3.8, 4) is 17.2 Å². The Morgan fingerprint density at radius 3 is 2.45 bits per heavy atom. The summed E-state index contributed by atoms with van der Waals surface area (Å²) in [6.45, 7) is 4.59. The number of hydrogen-bond donors (Lipinski definition) is 0. The first-order valence-electron chi connectivity index (χ1n) is 11.1. The van der Waals surface area contributed by atoms with Gasteiger partial charge in [-0.3, -0.25) is 0 Å². The fraction of sp³-hybridized carbons (Fsp3) is 0.296. The predicted octanol–water partition coefficient (Wildman–Crippen LogP) is 4.52. The van der Waals surface area contributed by atoms with Gasteiger partial charge in [0.15, 0.2) is 0 Å². The van der Waals surface area contributed by atoms with Crippen molar-refractivity contribution < 1.29 is 23.7 Å². The monoisotopic (exact) mass is 447 g/mol. The molecule has 0 fully saturated rings. The fourth-order valence-electron chi connectivity index (χ4n) is 3.94. The molecule has 1 atom stereocenters. The van der Waals surface area contributed by atoms with Gasteiger partial charge in [0, 0.05) is 6.42 Å². The Bertz CT molecular complexity index is 1050. The number of anilines is 1. The van der Waals surface area contributed by atoms with Crippen molar-refractivity contribution in [1.29, 1.82) is 0 Å². The largest absolute Gasteiger partial charge is 0.492 e. The molecule has 1 heterocycles. The molecule has 0 spiro atoms. The Hall–Kier alpha value is -3.67. The maximum absolute atomic E-state index is 12.5. The van der Waals surface area contributed by atoms with E-state index in [1.165, 1.54) is 7.11 Å². The zero-order valence-corrected chi connectivity index (χ0v) is 19.0. The molecule has 0 saturated heterocycles. The minimum absolute atomic E-state index is 0.374. The normalized spacial score (nSPS) is 14.4. The average molecular weight is 448 g/mol. The second-order valence-corrected chi connectivity index (χ2v) is 8.11. The number of benzene rings is 3. The second-order valence-electron chi connectivity index (χ2n) is 8.11. The van der Waals surface area contributed by atoms with Gasteiger partial charge in [-0.05, 0) is 48.9 Å². The van der Waals surface area contributed by atoms with Gasteiger partial charge in [-0.2, -0.15) is 0 Å². The molecule has 0 N–H and O–H groups in total. The third kappa shape index (κ3) is 5.58. The van der Waals surface area contributed by atoms with Crippen molar-refractivity contribution in [3.63, 3.8) is 0 Å². The minimum Gasteiger partial charge on any atom is -0.492 e. The maximum atomic E-state index is 12.5. The molecule has 6 heteroatoms. The third-order valence-corrected chi connectivity index (χ3v) is 5.62. The highest BCUT2D eigenvalue weighted by Gasteiger charge is 2.37. The number of hydrogen-bond acceptors (Lipinski definition) is 6. The Balaban J connectivity index is 1.35. The molecule has 1 aliphatic heterocycles. The van der Waals surface area contributed by atoms with E-state index in [0.29, 0.717) is 25.4 Å². The molecule has 4 rings (SSSR count). The summed E-state index contributed by atoms with van der Waals surface area (Å²) in [5.41, 5.74) is 0.916. The van der Waals surface area contributed by atoms with Crippen molar-refractivity contribution in [1.82, 2.24) is 0 Å². The second kappa shape index (κ2) is 10.3. The van der Waals surface area contributed by atoms with E-state index in [4.69, 9.17) is 18.9 Å². The lowest BCUT2D eigenvalue weighted by Crippen LogP contribution is -2.44. The molecule has 0 bridgehead atoms. The van der Waals surface area contributed by atoms with Crippen molar-refractivity contribution in [2.75, 3.05) is 38.3 Å². The molecule has 0 saturated carbocycles. The molecule has 0 amide bonds. The maximum Gasteiger partial charge on any atom is 0.350 e. The van der Waals surface area contributed by atoms with Crippen molar-refractivity contribution in [2.45, 2.75) is 18.9 Å². The van der Waals surface area contributed by atoms with Gasteiger partial charge in [-0.25, -0.2) is 4.79 Å². The van der Waals surface area contributed by atoms with E-state index in [9.17, 15) is 4.79 Å². The van der Waals surface area contributed by atoms with Crippen LogP contribution in [0.2, 0.25) is 0 Å². The zero-order valence-electron chi connectivity index (χ0n) is 19.0. The Morgan fingerprint density at radius 2 is 1.70 bits per heavy atom. The highest BCUT2D eigenvalue weighted by molar-refractivity contribution is 5.80. The molecule has 1 unspecified atom stereocenters. The van der Waals surface area contributed by atoms with Gasteiger partial charge in [0.25, 0.3) is 0 Å². The van der Waals surface area contributed by atoms with Crippen LogP contribution in [0.3, 0.4) is 0 Å². The fourth-order valence-corrected chi connectivity index (χ4v) is 3.94. The highest BCUT2D eigenvalue weighted by Crippen LogP contribution is 2.30. The summed E-state index contributed by atoms with van der Waals surface area (Å²) in [4.78, 5) is 14.8. The van der Waals surface area contributed by atoms with Crippen LogP contribution >= 0.6 is 0 Å². The summed E-state index contributed by atoms with van der Waals surface area (Å²) < 4.78 is 22.7. The lowest BCUT2D eigenvalue weighted by Gasteiger charge is -2.31. The average Bonchev–Trinajstić information content (AvgIpc) is 2.85. The van der Waals surface area contributed by atoms with E-state index in [1.807, 2.05) is 72.8 Å². The number of para-hydroxylation sites is 3. The molecule has 0 radical (unpaired) electrons. The van der Waals surface area contributed by atoms with Gasteiger partial charge < -0.3 is 23.8 Å². The first kappa shape index (κ1) is 22.5. The summed E-state index contributed by atoms with van der Waals surface area (Å²) in [5.74, 6) is 1.90. The van der Waals surface area contributed by atoms with Crippen LogP contribution in [0.5, 0.6) is 17.2 Å². The Kier molecular flexibility index (Phi) is 7.03. The summed E-state index contributed by atoms with van der Waals surface area (Å²) in [5, 5.41) is 0. The standard InChI is InChI=1S/C27H29NO5/c1-27(26(29)30-2,33-23-8-4-3-5-9-23)20-21-12-14-22(15-13-21)31-18-16-28-17-19-32-25-11-7-6-10-24(25)28/h3-15H,16-20H2,1-2H3. The van der Waals surface area contributed by atoms with E-state index in [-0.39, 0.29) is 0 Å². The molecule has 1 aliphatic rings. The smallest absolute Gasteiger partial charge is 0.350 e. The predicted molar refractivity (Wildman–Crippen MR) is 127 cm³/mol. The van der Waals surface area contributed by atoms with Gasteiger partial charge >= 0.3 is 5.97 Å². The SMILES string of the molecule is COC(=O)C(C)(Cc1ccc(OCCN2CCOc3ccccc32)cc1)Oc1ccccc1. The lowest BCUT2D eigenvalue weighted by atomic mass is 9.96. The molecule has 0 aromatic heterocycles. The minimum atomic E-state index is -1.14. The highest BCUT2D eigenvalue weighted by atomic mass is 16.6. The summed E-state index contributed by atoms with van der Waals surface area (Å²) >= 11 is 0. The number of carbonyl (C=O) groups is 1. The number of nitrogens with zero attached hydrogens (tertiary/aromatic N) is 1. The van der Waals surface area contributed by atoms with Crippen LogP contribution < -0.4 is 19.1 Å². The molecular weight excluding hydrogens is 418 g/mol. The van der Waals surface area contributed by atoms with Gasteiger partial charge in [0.1, 0.15) is 30.5 Å². The number of ether oxygens (including phenoxy) is 4. The van der Waals surface area contributed by atoms with Gasteiger partial charge in [-0.15, -0.1) is 0 Å². The van der Waals surface area contributed by atoms with Crippen LogP contribution in [0, 0.1) is 0 Å². The first-order valence-corrected chi connectivity index (χ1v) is 11.1. The molecule has 6 nitrogen and oxygen atoms in total. The van der Waals surface area contributed by atoms with Crippen LogP contribution in [-0.2, 0) is 16.0 Å². The van der Waals surface area contributed by atoms with Crippen molar-refractivity contribution in [3.05, 3.63) is 84.4 Å². The van der Waals surface area contributed by atoms with E-state index < -0.39 is 11.6 Å². The molecule has 3 aromatic rings. The van der Waals surface area contributed by atoms with Crippen LogP contribution in [0.15, 0.2) is 78.9 Å². The topological polar surface area (TPSA) is 57.2 Å². The number of fused-ring (bicyclic) bond motifs is 1. The lowest BCUT2D eigenvalue weighted by molar-refractivity contribution is -0.157. The van der Waals surface area contributed by atoms with Crippen molar-refractivity contribution >= 4 is 11.7 Å². The summed E-state index contributed by atoms with van der Waals surface area (Å²) in [6, 6.07) is 25.1. The summed E-state index contributed by atoms with van der Waals surface area (Å²) in [6.07, 6.45) is 0.374. The number of rotatable bonds is 9. The van der Waals surface area contributed by atoms with Crippen LogP contribution in [0.25, 0.3) is 0 Å². The number of esters is 1. The van der Waals surface area contributed by atoms with Crippen LogP contribution in [0.1, 0.15) is 12.5 Å². The van der Waals surface area contributed by atoms with E-state index >= 15 is 0 Å². The van der Waals surface area contributed by atoms with E-state index in [1.54, 1.807) is 6.92 Å². The molecule has 0 aliphatic carbocycles. The first-order chi connectivity index (χ1) is 16.1. The number of methoxy groups -OCH3 is 1. The Morgan fingerprint density at radius 1 is 0.970 bits per heavy atom. The van der Waals surface area contributed by atoms with Gasteiger partial charge in [-0.1, -0.05) is 42.5 Å². The summed E-state index contributed by atoms with van der Waals surface area (Å²) in [7, 11) is 1.37. The Labute approximate surface area is 194 Å². The number of carbonyl (C=O) groups excluding carboxylic acids is 1. The molecular formula is C27H29NO5.